The zero-order valence-electron chi connectivity index (χ0n) is 14.3. The number of carbonyl (C=O) groups is 1. The Bertz CT molecular complexity index is 800. The molecule has 0 bridgehead atoms. The fourth-order valence-electron chi connectivity index (χ4n) is 2.18. The van der Waals surface area contributed by atoms with Crippen LogP contribution in [-0.4, -0.2) is 34.4 Å². The third kappa shape index (κ3) is 3.75. The van der Waals surface area contributed by atoms with Crippen molar-refractivity contribution in [2.24, 2.45) is 0 Å². The number of hydrogen-bond donors (Lipinski definition) is 0. The van der Waals surface area contributed by atoms with Gasteiger partial charge in [0.1, 0.15) is 0 Å². The zero-order valence-corrected chi connectivity index (χ0v) is 14.3. The predicted molar refractivity (Wildman–Crippen MR) is 88.8 cm³/mol. The van der Waals surface area contributed by atoms with Gasteiger partial charge >= 0.3 is 5.97 Å². The topological polar surface area (TPSA) is 87.0 Å². The molecular formula is C18H17NO6. The van der Waals surface area contributed by atoms with E-state index in [9.17, 15) is 4.79 Å². The van der Waals surface area contributed by atoms with Crippen molar-refractivity contribution in [3.8, 4) is 34.8 Å². The summed E-state index contributed by atoms with van der Waals surface area (Å²) in [7, 11) is 5.80. The van der Waals surface area contributed by atoms with Crippen molar-refractivity contribution in [2.75, 3.05) is 28.4 Å². The maximum Gasteiger partial charge on any atom is 0.343 e. The number of hydrogen-bond acceptors (Lipinski definition) is 7. The summed E-state index contributed by atoms with van der Waals surface area (Å²) < 4.78 is 26.2. The van der Waals surface area contributed by atoms with Crippen molar-refractivity contribution in [3.63, 3.8) is 0 Å². The van der Waals surface area contributed by atoms with Crippen LogP contribution in [0.25, 0.3) is 0 Å². The Morgan fingerprint density at radius 2 is 1.44 bits per heavy atom. The van der Waals surface area contributed by atoms with Gasteiger partial charge < -0.3 is 23.7 Å². The third-order valence-corrected chi connectivity index (χ3v) is 3.40. The number of nitrogens with zero attached hydrogens (tertiary/aromatic N) is 1. The smallest absolute Gasteiger partial charge is 0.343 e. The second kappa shape index (κ2) is 7.93. The molecule has 0 heterocycles. The number of carbonyl (C=O) groups excluding carboxylic acids is 1. The molecule has 0 aromatic heterocycles. The summed E-state index contributed by atoms with van der Waals surface area (Å²) in [5.74, 6) is 0.876. The van der Waals surface area contributed by atoms with Gasteiger partial charge in [0.25, 0.3) is 0 Å². The summed E-state index contributed by atoms with van der Waals surface area (Å²) in [6.07, 6.45) is 0. The first-order valence-electron chi connectivity index (χ1n) is 7.18. The number of esters is 1. The van der Waals surface area contributed by atoms with Crippen molar-refractivity contribution < 1.29 is 28.5 Å². The lowest BCUT2D eigenvalue weighted by atomic mass is 10.1. The van der Waals surface area contributed by atoms with E-state index in [0.29, 0.717) is 22.8 Å². The molecule has 7 heteroatoms. The predicted octanol–water partition coefficient (Wildman–Crippen LogP) is 2.81. The molecule has 0 saturated carbocycles. The Hall–Kier alpha value is -3.40. The second-order valence-corrected chi connectivity index (χ2v) is 4.78. The number of rotatable bonds is 6. The molecule has 0 atom stereocenters. The van der Waals surface area contributed by atoms with Crippen LogP contribution in [0, 0.1) is 11.3 Å². The van der Waals surface area contributed by atoms with Gasteiger partial charge in [-0.25, -0.2) is 4.79 Å². The number of methoxy groups -OCH3 is 4. The highest BCUT2D eigenvalue weighted by molar-refractivity contribution is 5.93. The molecule has 0 N–H and O–H groups in total. The van der Waals surface area contributed by atoms with Gasteiger partial charge in [-0.3, -0.25) is 0 Å². The van der Waals surface area contributed by atoms with E-state index >= 15 is 0 Å². The monoisotopic (exact) mass is 343 g/mol. The average Bonchev–Trinajstić information content (AvgIpc) is 2.66. The van der Waals surface area contributed by atoms with Crippen LogP contribution in [0.15, 0.2) is 30.3 Å². The normalized spacial score (nSPS) is 9.72. The quantitative estimate of drug-likeness (QED) is 0.589. The van der Waals surface area contributed by atoms with Crippen LogP contribution >= 0.6 is 0 Å². The Morgan fingerprint density at radius 1 is 0.840 bits per heavy atom. The molecule has 7 nitrogen and oxygen atoms in total. The molecule has 0 saturated heterocycles. The molecule has 0 spiro atoms. The van der Waals surface area contributed by atoms with Crippen molar-refractivity contribution in [2.45, 2.75) is 0 Å². The summed E-state index contributed by atoms with van der Waals surface area (Å²) in [5.41, 5.74) is 0.602. The van der Waals surface area contributed by atoms with Crippen LogP contribution in [0.1, 0.15) is 15.9 Å². The van der Waals surface area contributed by atoms with E-state index in [1.807, 2.05) is 6.07 Å². The van der Waals surface area contributed by atoms with Crippen molar-refractivity contribution >= 4 is 5.97 Å². The molecular weight excluding hydrogens is 326 g/mol. The second-order valence-electron chi connectivity index (χ2n) is 4.78. The highest BCUT2D eigenvalue weighted by Crippen LogP contribution is 2.38. The van der Waals surface area contributed by atoms with Gasteiger partial charge in [-0.05, 0) is 24.3 Å². The summed E-state index contributed by atoms with van der Waals surface area (Å²) in [5, 5.41) is 8.92. The van der Waals surface area contributed by atoms with Gasteiger partial charge in [0.05, 0.1) is 45.6 Å². The van der Waals surface area contributed by atoms with Crippen LogP contribution in [0.4, 0.5) is 0 Å². The maximum absolute atomic E-state index is 12.5. The van der Waals surface area contributed by atoms with Gasteiger partial charge in [-0.1, -0.05) is 0 Å². The highest BCUT2D eigenvalue weighted by Gasteiger charge is 2.19. The fourth-order valence-corrected chi connectivity index (χ4v) is 2.18. The van der Waals surface area contributed by atoms with Crippen molar-refractivity contribution in [1.82, 2.24) is 0 Å². The summed E-state index contributed by atoms with van der Waals surface area (Å²) in [6, 6.07) is 9.47. The highest BCUT2D eigenvalue weighted by atomic mass is 16.6. The molecule has 2 aromatic carbocycles. The first-order chi connectivity index (χ1) is 12.1. The Balaban J connectivity index is 2.37. The van der Waals surface area contributed by atoms with Crippen LogP contribution in [0.2, 0.25) is 0 Å². The molecule has 0 fully saturated rings. The van der Waals surface area contributed by atoms with Gasteiger partial charge in [-0.15, -0.1) is 0 Å². The summed E-state index contributed by atoms with van der Waals surface area (Å²) in [6.45, 7) is 0. The van der Waals surface area contributed by atoms with Crippen molar-refractivity contribution in [1.29, 1.82) is 5.26 Å². The van der Waals surface area contributed by atoms with E-state index in [2.05, 4.69) is 0 Å². The maximum atomic E-state index is 12.5. The van der Waals surface area contributed by atoms with Crippen LogP contribution < -0.4 is 23.7 Å². The van der Waals surface area contributed by atoms with Crippen LogP contribution in [0.3, 0.4) is 0 Å². The first-order valence-corrected chi connectivity index (χ1v) is 7.18. The standard InChI is InChI=1S/C18H17NO6/c1-21-14-7-11(10-19)5-6-13(14)25-18(20)12-8-15(22-2)17(24-4)16(9-12)23-3/h5-9H,1-4H3. The van der Waals surface area contributed by atoms with E-state index in [0.717, 1.165) is 0 Å². The molecule has 2 rings (SSSR count). The average molecular weight is 343 g/mol. The Kier molecular flexibility index (Phi) is 5.69. The van der Waals surface area contributed by atoms with E-state index in [-0.39, 0.29) is 17.1 Å². The summed E-state index contributed by atoms with van der Waals surface area (Å²) in [4.78, 5) is 12.5. The SMILES string of the molecule is COc1cc(C#N)ccc1OC(=O)c1cc(OC)c(OC)c(OC)c1. The van der Waals surface area contributed by atoms with Crippen LogP contribution in [-0.2, 0) is 0 Å². The fraction of sp³-hybridized carbons (Fsp3) is 0.222. The summed E-state index contributed by atoms with van der Waals surface area (Å²) >= 11 is 0. The molecule has 2 aromatic rings. The molecule has 25 heavy (non-hydrogen) atoms. The van der Waals surface area contributed by atoms with E-state index < -0.39 is 5.97 Å². The minimum atomic E-state index is -0.637. The number of ether oxygens (including phenoxy) is 5. The largest absolute Gasteiger partial charge is 0.493 e. The lowest BCUT2D eigenvalue weighted by Crippen LogP contribution is -2.10. The van der Waals surface area contributed by atoms with Gasteiger partial charge in [0, 0.05) is 6.07 Å². The van der Waals surface area contributed by atoms with Crippen LogP contribution in [0.5, 0.6) is 28.7 Å². The minimum absolute atomic E-state index is 0.195. The molecule has 0 unspecified atom stereocenters. The molecule has 0 radical (unpaired) electrons. The number of benzene rings is 2. The molecule has 0 aliphatic rings. The van der Waals surface area contributed by atoms with E-state index in [4.69, 9.17) is 28.9 Å². The number of nitriles is 1. The van der Waals surface area contributed by atoms with Gasteiger partial charge in [0.2, 0.25) is 5.75 Å². The molecule has 130 valence electrons. The molecule has 0 aliphatic carbocycles. The molecule has 0 aliphatic heterocycles. The minimum Gasteiger partial charge on any atom is -0.493 e. The lowest BCUT2D eigenvalue weighted by Gasteiger charge is -2.14. The zero-order chi connectivity index (χ0) is 18.4. The van der Waals surface area contributed by atoms with Gasteiger partial charge in [-0.2, -0.15) is 5.26 Å². The lowest BCUT2D eigenvalue weighted by molar-refractivity contribution is 0.0729. The van der Waals surface area contributed by atoms with Gasteiger partial charge in [0.15, 0.2) is 23.0 Å². The van der Waals surface area contributed by atoms with Crippen molar-refractivity contribution in [3.05, 3.63) is 41.5 Å². The first kappa shape index (κ1) is 17.9. The van der Waals surface area contributed by atoms with E-state index in [1.165, 1.54) is 58.8 Å². The Morgan fingerprint density at radius 3 is 1.92 bits per heavy atom. The molecule has 0 amide bonds. The van der Waals surface area contributed by atoms with E-state index in [1.54, 1.807) is 0 Å². The third-order valence-electron chi connectivity index (χ3n) is 3.40. The Labute approximate surface area is 145 Å².